The molecule has 0 radical (unpaired) electrons. The van der Waals surface area contributed by atoms with E-state index in [0.29, 0.717) is 5.78 Å². The SMILES string of the molecule is CC12CCC(=O)C=C1CCC1C2CCC2(C)C(C#N)CCC12. The third kappa shape index (κ3) is 1.75. The van der Waals surface area contributed by atoms with Crippen LogP contribution in [0.5, 0.6) is 0 Å². The first-order chi connectivity index (χ1) is 10.5. The Morgan fingerprint density at radius 3 is 2.68 bits per heavy atom. The number of allylic oxidation sites excluding steroid dienone is 1. The van der Waals surface area contributed by atoms with Gasteiger partial charge in [0, 0.05) is 6.42 Å². The number of nitrogens with zero attached hydrogens (tertiary/aromatic N) is 1. The minimum absolute atomic E-state index is 0.262. The lowest BCUT2D eigenvalue weighted by atomic mass is 9.47. The number of fused-ring (bicyclic) bond motifs is 5. The molecular formula is C20H27NO. The first-order valence-corrected chi connectivity index (χ1v) is 9.12. The Morgan fingerprint density at radius 1 is 1.09 bits per heavy atom. The van der Waals surface area contributed by atoms with Crippen LogP contribution in [0.1, 0.15) is 65.2 Å². The number of carbonyl (C=O) groups is 1. The number of hydrogen-bond acceptors (Lipinski definition) is 2. The highest BCUT2D eigenvalue weighted by Gasteiger charge is 2.58. The van der Waals surface area contributed by atoms with Crippen molar-refractivity contribution in [3.8, 4) is 6.07 Å². The molecule has 4 aliphatic carbocycles. The van der Waals surface area contributed by atoms with Crippen molar-refractivity contribution in [2.45, 2.75) is 65.2 Å². The van der Waals surface area contributed by atoms with E-state index in [4.69, 9.17) is 0 Å². The summed E-state index contributed by atoms with van der Waals surface area (Å²) in [5.41, 5.74) is 1.98. The lowest BCUT2D eigenvalue weighted by Crippen LogP contribution is -2.50. The molecule has 0 bridgehead atoms. The normalized spacial score (nSPS) is 50.4. The summed E-state index contributed by atoms with van der Waals surface area (Å²) < 4.78 is 0. The van der Waals surface area contributed by atoms with Crippen molar-refractivity contribution in [1.82, 2.24) is 0 Å². The van der Waals surface area contributed by atoms with Crippen molar-refractivity contribution in [2.75, 3.05) is 0 Å². The third-order valence-electron chi connectivity index (χ3n) is 8.12. The van der Waals surface area contributed by atoms with Gasteiger partial charge in [0.05, 0.1) is 12.0 Å². The van der Waals surface area contributed by atoms with Gasteiger partial charge in [0.15, 0.2) is 5.78 Å². The molecule has 0 amide bonds. The van der Waals surface area contributed by atoms with E-state index in [1.165, 1.54) is 31.3 Å². The average molecular weight is 297 g/mol. The van der Waals surface area contributed by atoms with E-state index in [1.54, 1.807) is 0 Å². The number of nitriles is 1. The summed E-state index contributed by atoms with van der Waals surface area (Å²) in [5.74, 6) is 2.89. The predicted molar refractivity (Wildman–Crippen MR) is 85.8 cm³/mol. The molecule has 6 atom stereocenters. The fourth-order valence-electron chi connectivity index (χ4n) is 6.77. The van der Waals surface area contributed by atoms with E-state index in [2.05, 4.69) is 19.9 Å². The van der Waals surface area contributed by atoms with Crippen LogP contribution in [0.15, 0.2) is 11.6 Å². The predicted octanol–water partition coefficient (Wildman–Crippen LogP) is 4.66. The zero-order chi connectivity index (χ0) is 15.5. The molecular weight excluding hydrogens is 270 g/mol. The number of carbonyl (C=O) groups excluding carboxylic acids is 1. The van der Waals surface area contributed by atoms with E-state index in [0.717, 1.165) is 43.4 Å². The molecule has 2 nitrogen and oxygen atoms in total. The molecule has 4 rings (SSSR count). The van der Waals surface area contributed by atoms with Crippen molar-refractivity contribution in [2.24, 2.45) is 34.5 Å². The average Bonchev–Trinajstić information content (AvgIpc) is 2.84. The van der Waals surface area contributed by atoms with Crippen molar-refractivity contribution in [3.63, 3.8) is 0 Å². The van der Waals surface area contributed by atoms with Gasteiger partial charge in [-0.2, -0.15) is 5.26 Å². The molecule has 3 fully saturated rings. The van der Waals surface area contributed by atoms with Crippen molar-refractivity contribution < 1.29 is 4.79 Å². The van der Waals surface area contributed by atoms with Crippen LogP contribution in [0.4, 0.5) is 0 Å². The van der Waals surface area contributed by atoms with E-state index in [1.807, 2.05) is 6.08 Å². The van der Waals surface area contributed by atoms with Gasteiger partial charge >= 0.3 is 0 Å². The van der Waals surface area contributed by atoms with Gasteiger partial charge in [-0.15, -0.1) is 0 Å². The third-order valence-corrected chi connectivity index (χ3v) is 8.12. The Labute approximate surface area is 134 Å². The fourth-order valence-corrected chi connectivity index (χ4v) is 6.77. The number of rotatable bonds is 0. The Morgan fingerprint density at radius 2 is 1.91 bits per heavy atom. The molecule has 0 aromatic carbocycles. The molecule has 3 saturated carbocycles. The maximum atomic E-state index is 11.8. The van der Waals surface area contributed by atoms with Crippen LogP contribution in [0.2, 0.25) is 0 Å². The lowest BCUT2D eigenvalue weighted by molar-refractivity contribution is -0.117. The van der Waals surface area contributed by atoms with Crippen molar-refractivity contribution in [1.29, 1.82) is 5.26 Å². The van der Waals surface area contributed by atoms with Crippen LogP contribution in [-0.2, 0) is 4.79 Å². The van der Waals surface area contributed by atoms with Crippen LogP contribution in [-0.4, -0.2) is 5.78 Å². The topological polar surface area (TPSA) is 40.9 Å². The monoisotopic (exact) mass is 297 g/mol. The summed E-state index contributed by atoms with van der Waals surface area (Å²) in [6.45, 7) is 4.83. The van der Waals surface area contributed by atoms with E-state index < -0.39 is 0 Å². The molecule has 6 unspecified atom stereocenters. The van der Waals surface area contributed by atoms with Gasteiger partial charge in [-0.3, -0.25) is 4.79 Å². The van der Waals surface area contributed by atoms with E-state index in [-0.39, 0.29) is 16.7 Å². The second kappa shape index (κ2) is 4.70. The number of hydrogen-bond donors (Lipinski definition) is 0. The summed E-state index contributed by atoms with van der Waals surface area (Å²) in [4.78, 5) is 11.8. The molecule has 0 aromatic heterocycles. The minimum atomic E-state index is 0.262. The van der Waals surface area contributed by atoms with Gasteiger partial charge in [-0.25, -0.2) is 0 Å². The smallest absolute Gasteiger partial charge is 0.155 e. The molecule has 0 saturated heterocycles. The van der Waals surface area contributed by atoms with Crippen molar-refractivity contribution >= 4 is 5.78 Å². The van der Waals surface area contributed by atoms with Gasteiger partial charge in [0.2, 0.25) is 0 Å². The van der Waals surface area contributed by atoms with Crippen LogP contribution in [0.25, 0.3) is 0 Å². The maximum Gasteiger partial charge on any atom is 0.155 e. The Balaban J connectivity index is 1.68. The van der Waals surface area contributed by atoms with Gasteiger partial charge in [0.25, 0.3) is 0 Å². The second-order valence-corrected chi connectivity index (χ2v) is 8.77. The van der Waals surface area contributed by atoms with Gasteiger partial charge < -0.3 is 0 Å². The Bertz CT molecular complexity index is 585. The molecule has 0 aliphatic heterocycles. The van der Waals surface area contributed by atoms with E-state index >= 15 is 0 Å². The Hall–Kier alpha value is -1.10. The quantitative estimate of drug-likeness (QED) is 0.652. The Kier molecular flexibility index (Phi) is 3.09. The molecule has 0 spiro atoms. The molecule has 0 aromatic rings. The molecule has 118 valence electrons. The molecule has 22 heavy (non-hydrogen) atoms. The number of ketones is 1. The molecule has 2 heteroatoms. The summed E-state index contributed by atoms with van der Waals surface area (Å²) in [6, 6.07) is 2.61. The first-order valence-electron chi connectivity index (χ1n) is 9.12. The molecule has 0 N–H and O–H groups in total. The van der Waals surface area contributed by atoms with Gasteiger partial charge in [0.1, 0.15) is 0 Å². The maximum absolute atomic E-state index is 11.8. The highest BCUT2D eigenvalue weighted by molar-refractivity contribution is 5.91. The fraction of sp³-hybridized carbons (Fsp3) is 0.800. The summed E-state index contributed by atoms with van der Waals surface area (Å²) in [6.07, 6.45) is 11.0. The van der Waals surface area contributed by atoms with E-state index in [9.17, 15) is 10.1 Å². The zero-order valence-electron chi connectivity index (χ0n) is 13.9. The standard InChI is InChI=1S/C20H27NO/c1-19-9-7-15(22)11-13(19)3-5-16-17-6-4-14(12-21)20(17,2)10-8-18(16)19/h11,14,16-18H,3-10H2,1-2H3. The largest absolute Gasteiger partial charge is 0.295 e. The van der Waals surface area contributed by atoms with Gasteiger partial charge in [-0.05, 0) is 79.6 Å². The van der Waals surface area contributed by atoms with Crippen LogP contribution in [0, 0.1) is 45.8 Å². The second-order valence-electron chi connectivity index (χ2n) is 8.77. The summed E-state index contributed by atoms with van der Waals surface area (Å²) >= 11 is 0. The molecule has 0 heterocycles. The minimum Gasteiger partial charge on any atom is -0.295 e. The highest BCUT2D eigenvalue weighted by Crippen LogP contribution is 2.66. The summed E-state index contributed by atoms with van der Waals surface area (Å²) in [5, 5.41) is 9.54. The van der Waals surface area contributed by atoms with Crippen LogP contribution < -0.4 is 0 Å². The van der Waals surface area contributed by atoms with Gasteiger partial charge in [-0.1, -0.05) is 19.4 Å². The van der Waals surface area contributed by atoms with Crippen LogP contribution >= 0.6 is 0 Å². The summed E-state index contributed by atoms with van der Waals surface area (Å²) in [7, 11) is 0. The zero-order valence-corrected chi connectivity index (χ0v) is 13.9. The lowest BCUT2D eigenvalue weighted by Gasteiger charge is -2.57. The van der Waals surface area contributed by atoms with Crippen LogP contribution in [0.3, 0.4) is 0 Å². The highest BCUT2D eigenvalue weighted by atomic mass is 16.1. The van der Waals surface area contributed by atoms with Crippen molar-refractivity contribution in [3.05, 3.63) is 11.6 Å². The molecule has 4 aliphatic rings. The first kappa shape index (κ1) is 14.5.